The molecular formula is C14H10F3N3O4S. The molecule has 0 fully saturated rings. The molecule has 0 spiro atoms. The molecule has 3 rings (SSSR count). The average Bonchev–Trinajstić information content (AvgIpc) is 3.02. The van der Waals surface area contributed by atoms with Crippen LogP contribution in [-0.4, -0.2) is 28.1 Å². The number of halogens is 3. The molecule has 132 valence electrons. The second-order valence-electron chi connectivity index (χ2n) is 4.98. The Balaban J connectivity index is 2.11. The summed E-state index contributed by atoms with van der Waals surface area (Å²) in [6, 6.07) is 10.3. The summed E-state index contributed by atoms with van der Waals surface area (Å²) in [7, 11) is -5.92. The molecule has 7 nitrogen and oxygen atoms in total. The van der Waals surface area contributed by atoms with Crippen molar-refractivity contribution in [2.45, 2.75) is 12.1 Å². The van der Waals surface area contributed by atoms with Gasteiger partial charge in [0, 0.05) is 6.20 Å². The molecule has 0 N–H and O–H groups in total. The molecule has 0 saturated heterocycles. The molecule has 0 aliphatic rings. The molecule has 0 radical (unpaired) electrons. The maximum absolute atomic E-state index is 12.6. The van der Waals surface area contributed by atoms with Gasteiger partial charge in [0.1, 0.15) is 5.52 Å². The lowest BCUT2D eigenvalue weighted by atomic mass is 10.2. The number of hydrogen-bond donors (Lipinski definition) is 0. The molecular weight excluding hydrogens is 363 g/mol. The van der Waals surface area contributed by atoms with Gasteiger partial charge in [-0.3, -0.25) is 9.20 Å². The molecule has 0 saturated carbocycles. The van der Waals surface area contributed by atoms with Crippen molar-refractivity contribution in [3.8, 4) is 6.01 Å². The van der Waals surface area contributed by atoms with Crippen molar-refractivity contribution in [1.29, 1.82) is 0 Å². The van der Waals surface area contributed by atoms with Crippen LogP contribution in [0.2, 0.25) is 0 Å². The molecule has 2 aromatic heterocycles. The van der Waals surface area contributed by atoms with Crippen LogP contribution < -0.4 is 9.74 Å². The Morgan fingerprint density at radius 3 is 2.40 bits per heavy atom. The Kier molecular flexibility index (Phi) is 4.03. The van der Waals surface area contributed by atoms with E-state index in [1.54, 1.807) is 30.3 Å². The van der Waals surface area contributed by atoms with Gasteiger partial charge in [0.15, 0.2) is 0 Å². The van der Waals surface area contributed by atoms with Gasteiger partial charge in [-0.2, -0.15) is 21.6 Å². The van der Waals surface area contributed by atoms with Crippen molar-refractivity contribution >= 4 is 15.6 Å². The molecule has 3 aromatic rings. The highest BCUT2D eigenvalue weighted by Crippen LogP contribution is 2.26. The molecule has 0 aliphatic carbocycles. The Hall–Kier alpha value is -2.82. The SMILES string of the molecule is O=c1c2cccn2c(OS(=O)(=O)C(F)(F)F)nn1Cc1ccccc1. The Labute approximate surface area is 139 Å². The monoisotopic (exact) mass is 373 g/mol. The summed E-state index contributed by atoms with van der Waals surface area (Å²) < 4.78 is 66.0. The van der Waals surface area contributed by atoms with Gasteiger partial charge in [-0.05, 0) is 17.7 Å². The van der Waals surface area contributed by atoms with E-state index in [2.05, 4.69) is 9.28 Å². The molecule has 0 amide bonds. The minimum Gasteiger partial charge on any atom is -0.336 e. The van der Waals surface area contributed by atoms with Crippen molar-refractivity contribution in [2.24, 2.45) is 0 Å². The molecule has 11 heteroatoms. The lowest BCUT2D eigenvalue weighted by Gasteiger charge is -2.12. The second kappa shape index (κ2) is 5.92. The molecule has 0 bridgehead atoms. The van der Waals surface area contributed by atoms with Gasteiger partial charge in [-0.1, -0.05) is 30.3 Å². The van der Waals surface area contributed by atoms with Crippen molar-refractivity contribution in [3.05, 3.63) is 64.6 Å². The number of hydrogen-bond acceptors (Lipinski definition) is 5. The summed E-state index contributed by atoms with van der Waals surface area (Å²) in [5.41, 5.74) is -5.64. The normalized spacial score (nSPS) is 12.4. The van der Waals surface area contributed by atoms with Gasteiger partial charge in [0.2, 0.25) is 0 Å². The smallest absolute Gasteiger partial charge is 0.336 e. The first-order chi connectivity index (χ1) is 11.7. The third kappa shape index (κ3) is 3.22. The van der Waals surface area contributed by atoms with Gasteiger partial charge < -0.3 is 4.18 Å². The van der Waals surface area contributed by atoms with E-state index >= 15 is 0 Å². The van der Waals surface area contributed by atoms with Crippen LogP contribution in [0.15, 0.2) is 53.5 Å². The van der Waals surface area contributed by atoms with Gasteiger partial charge in [0.05, 0.1) is 6.54 Å². The van der Waals surface area contributed by atoms with Crippen LogP contribution in [0.1, 0.15) is 5.56 Å². The van der Waals surface area contributed by atoms with E-state index in [0.717, 1.165) is 9.08 Å². The van der Waals surface area contributed by atoms with Crippen molar-refractivity contribution < 1.29 is 25.8 Å². The second-order valence-corrected chi connectivity index (χ2v) is 6.52. The molecule has 0 unspecified atom stereocenters. The van der Waals surface area contributed by atoms with Gasteiger partial charge in [0.25, 0.3) is 5.56 Å². The van der Waals surface area contributed by atoms with Crippen molar-refractivity contribution in [2.75, 3.05) is 0 Å². The van der Waals surface area contributed by atoms with Crippen LogP contribution in [0.3, 0.4) is 0 Å². The third-order valence-corrected chi connectivity index (χ3v) is 4.19. The Bertz CT molecular complexity index is 1070. The minimum atomic E-state index is -5.92. The lowest BCUT2D eigenvalue weighted by molar-refractivity contribution is -0.0503. The lowest BCUT2D eigenvalue weighted by Crippen LogP contribution is -2.32. The van der Waals surface area contributed by atoms with E-state index < -0.39 is 27.2 Å². The average molecular weight is 373 g/mol. The number of aromatic nitrogens is 3. The zero-order chi connectivity index (χ0) is 18.2. The fraction of sp³-hybridized carbons (Fsp3) is 0.143. The summed E-state index contributed by atoms with van der Waals surface area (Å²) in [6.07, 6.45) is 1.18. The van der Waals surface area contributed by atoms with Crippen LogP contribution in [0.4, 0.5) is 13.2 Å². The Morgan fingerprint density at radius 2 is 1.76 bits per heavy atom. The number of rotatable bonds is 4. The van der Waals surface area contributed by atoms with Crippen LogP contribution in [0.25, 0.3) is 5.52 Å². The Morgan fingerprint density at radius 1 is 1.08 bits per heavy atom. The van der Waals surface area contributed by atoms with Crippen LogP contribution in [0.5, 0.6) is 6.01 Å². The van der Waals surface area contributed by atoms with Crippen molar-refractivity contribution in [1.82, 2.24) is 14.2 Å². The van der Waals surface area contributed by atoms with Crippen molar-refractivity contribution in [3.63, 3.8) is 0 Å². The maximum Gasteiger partial charge on any atom is 0.534 e. The first-order valence-corrected chi connectivity index (χ1v) is 8.23. The van der Waals surface area contributed by atoms with Crippen LogP contribution in [-0.2, 0) is 16.7 Å². The molecule has 25 heavy (non-hydrogen) atoms. The predicted octanol–water partition coefficient (Wildman–Crippen LogP) is 1.77. The zero-order valence-electron chi connectivity index (χ0n) is 12.3. The number of fused-ring (bicyclic) bond motifs is 1. The van der Waals surface area contributed by atoms with E-state index in [0.29, 0.717) is 5.56 Å². The first-order valence-electron chi connectivity index (χ1n) is 6.82. The summed E-state index contributed by atoms with van der Waals surface area (Å²) in [4.78, 5) is 12.4. The third-order valence-electron chi connectivity index (χ3n) is 3.26. The van der Waals surface area contributed by atoms with Crippen LogP contribution in [0, 0.1) is 0 Å². The quantitative estimate of drug-likeness (QED) is 0.514. The highest BCUT2D eigenvalue weighted by Gasteiger charge is 2.49. The van der Waals surface area contributed by atoms with Crippen LogP contribution >= 0.6 is 0 Å². The van der Waals surface area contributed by atoms with Gasteiger partial charge in [-0.25, -0.2) is 4.68 Å². The highest BCUT2D eigenvalue weighted by molar-refractivity contribution is 7.87. The van der Waals surface area contributed by atoms with E-state index in [1.165, 1.54) is 18.3 Å². The molecule has 1 aromatic carbocycles. The summed E-state index contributed by atoms with van der Waals surface area (Å²) in [5, 5.41) is 3.63. The summed E-state index contributed by atoms with van der Waals surface area (Å²) >= 11 is 0. The fourth-order valence-corrected chi connectivity index (χ4v) is 2.52. The molecule has 2 heterocycles. The zero-order valence-corrected chi connectivity index (χ0v) is 13.2. The van der Waals surface area contributed by atoms with E-state index in [9.17, 15) is 26.4 Å². The minimum absolute atomic E-state index is 0.0657. The van der Waals surface area contributed by atoms with E-state index in [-0.39, 0.29) is 12.1 Å². The first kappa shape index (κ1) is 17.0. The number of nitrogens with zero attached hydrogens (tertiary/aromatic N) is 3. The van der Waals surface area contributed by atoms with E-state index in [1.807, 2.05) is 0 Å². The van der Waals surface area contributed by atoms with Gasteiger partial charge in [-0.15, -0.1) is 5.10 Å². The predicted molar refractivity (Wildman–Crippen MR) is 80.6 cm³/mol. The van der Waals surface area contributed by atoms with Gasteiger partial charge >= 0.3 is 21.6 Å². The topological polar surface area (TPSA) is 82.7 Å². The number of benzene rings is 1. The highest BCUT2D eigenvalue weighted by atomic mass is 32.2. The summed E-state index contributed by atoms with van der Waals surface area (Å²) in [5.74, 6) is 0. The number of alkyl halides is 3. The summed E-state index contributed by atoms with van der Waals surface area (Å²) in [6.45, 7) is -0.0657. The standard InChI is InChI=1S/C14H10F3N3O4S/c15-14(16,17)25(22,23)24-13-18-20(9-10-5-2-1-3-6-10)12(21)11-7-4-8-19(11)13/h1-8H,9H2. The molecule has 0 atom stereocenters. The maximum atomic E-state index is 12.6. The fourth-order valence-electron chi connectivity index (χ4n) is 2.12. The molecule has 0 aliphatic heterocycles. The largest absolute Gasteiger partial charge is 0.534 e. The van der Waals surface area contributed by atoms with E-state index in [4.69, 9.17) is 0 Å².